The third kappa shape index (κ3) is 3.34. The van der Waals surface area contributed by atoms with E-state index in [9.17, 15) is 0 Å². The largest absolute Gasteiger partial charge is 0.329 e. The first-order valence-electron chi connectivity index (χ1n) is 7.25. The Labute approximate surface area is 115 Å². The van der Waals surface area contributed by atoms with Gasteiger partial charge in [-0.1, -0.05) is 19.8 Å². The molecule has 2 N–H and O–H groups in total. The first kappa shape index (κ1) is 14.0. The summed E-state index contributed by atoms with van der Waals surface area (Å²) in [5.41, 5.74) is 6.00. The molecule has 1 aliphatic rings. The van der Waals surface area contributed by atoms with E-state index in [0.717, 1.165) is 12.5 Å². The number of likely N-dealkylation sites (tertiary alicyclic amines) is 1. The molecule has 18 heavy (non-hydrogen) atoms. The van der Waals surface area contributed by atoms with Crippen LogP contribution in [-0.2, 0) is 0 Å². The summed E-state index contributed by atoms with van der Waals surface area (Å²) in [7, 11) is 0. The molecule has 2 heterocycles. The minimum Gasteiger partial charge on any atom is -0.329 e. The SMILES string of the molecule is CCCC1CCN(C(CN)c2ccc(C)s2)CC1. The molecule has 2 rings (SSSR count). The second-order valence-electron chi connectivity index (χ2n) is 5.47. The molecule has 1 unspecified atom stereocenters. The van der Waals surface area contributed by atoms with Gasteiger partial charge in [0.15, 0.2) is 0 Å². The monoisotopic (exact) mass is 266 g/mol. The first-order valence-corrected chi connectivity index (χ1v) is 8.06. The van der Waals surface area contributed by atoms with E-state index < -0.39 is 0 Å². The number of thiophene rings is 1. The van der Waals surface area contributed by atoms with Crippen LogP contribution < -0.4 is 5.73 Å². The Hall–Kier alpha value is -0.380. The van der Waals surface area contributed by atoms with Gasteiger partial charge >= 0.3 is 0 Å². The molecule has 102 valence electrons. The Balaban J connectivity index is 1.94. The van der Waals surface area contributed by atoms with Gasteiger partial charge in [-0.15, -0.1) is 11.3 Å². The minimum atomic E-state index is 0.450. The summed E-state index contributed by atoms with van der Waals surface area (Å²) in [6.45, 7) is 7.67. The van der Waals surface area contributed by atoms with Gasteiger partial charge in [0.25, 0.3) is 0 Å². The number of piperidine rings is 1. The van der Waals surface area contributed by atoms with Gasteiger partial charge in [0.1, 0.15) is 0 Å². The zero-order valence-electron chi connectivity index (χ0n) is 11.7. The summed E-state index contributed by atoms with van der Waals surface area (Å²) in [4.78, 5) is 5.44. The highest BCUT2D eigenvalue weighted by Gasteiger charge is 2.25. The van der Waals surface area contributed by atoms with Gasteiger partial charge in [0.05, 0.1) is 6.04 Å². The van der Waals surface area contributed by atoms with Crippen molar-refractivity contribution in [1.29, 1.82) is 0 Å². The number of aryl methyl sites for hydroxylation is 1. The van der Waals surface area contributed by atoms with Crippen LogP contribution in [0.25, 0.3) is 0 Å². The van der Waals surface area contributed by atoms with E-state index in [0.29, 0.717) is 6.04 Å². The third-order valence-electron chi connectivity index (χ3n) is 4.10. The van der Waals surface area contributed by atoms with Gasteiger partial charge in [0.2, 0.25) is 0 Å². The zero-order chi connectivity index (χ0) is 13.0. The predicted molar refractivity (Wildman–Crippen MR) is 80.1 cm³/mol. The van der Waals surface area contributed by atoms with Crippen LogP contribution in [0.1, 0.15) is 48.4 Å². The molecule has 1 aromatic heterocycles. The molecule has 0 amide bonds. The zero-order valence-corrected chi connectivity index (χ0v) is 12.5. The van der Waals surface area contributed by atoms with E-state index >= 15 is 0 Å². The maximum atomic E-state index is 6.00. The summed E-state index contributed by atoms with van der Waals surface area (Å²) in [5, 5.41) is 0. The lowest BCUT2D eigenvalue weighted by Crippen LogP contribution is -2.39. The molecule has 0 aromatic carbocycles. The van der Waals surface area contributed by atoms with E-state index in [1.807, 2.05) is 11.3 Å². The van der Waals surface area contributed by atoms with Gasteiger partial charge in [0, 0.05) is 16.3 Å². The Morgan fingerprint density at radius 2 is 2.11 bits per heavy atom. The smallest absolute Gasteiger partial charge is 0.0564 e. The Morgan fingerprint density at radius 1 is 1.39 bits per heavy atom. The molecule has 0 saturated carbocycles. The lowest BCUT2D eigenvalue weighted by molar-refractivity contribution is 0.133. The first-order chi connectivity index (χ1) is 8.74. The molecule has 1 aromatic rings. The second kappa shape index (κ2) is 6.69. The van der Waals surface area contributed by atoms with Crippen LogP contribution in [0.15, 0.2) is 12.1 Å². The normalized spacial score (nSPS) is 20.2. The Morgan fingerprint density at radius 3 is 2.61 bits per heavy atom. The van der Waals surface area contributed by atoms with Crippen LogP contribution in [0, 0.1) is 12.8 Å². The maximum Gasteiger partial charge on any atom is 0.0564 e. The Kier molecular flexibility index (Phi) is 5.22. The fraction of sp³-hybridized carbons (Fsp3) is 0.733. The molecule has 2 nitrogen and oxygen atoms in total. The third-order valence-corrected chi connectivity index (χ3v) is 5.20. The van der Waals surface area contributed by atoms with Crippen molar-refractivity contribution in [3.8, 4) is 0 Å². The van der Waals surface area contributed by atoms with Crippen molar-refractivity contribution in [2.75, 3.05) is 19.6 Å². The van der Waals surface area contributed by atoms with Crippen LogP contribution in [0.2, 0.25) is 0 Å². The average molecular weight is 266 g/mol. The average Bonchev–Trinajstić information content (AvgIpc) is 2.79. The molecule has 0 bridgehead atoms. The summed E-state index contributed by atoms with van der Waals surface area (Å²) >= 11 is 1.90. The van der Waals surface area contributed by atoms with E-state index in [4.69, 9.17) is 5.73 Å². The van der Waals surface area contributed by atoms with E-state index in [2.05, 4.69) is 30.9 Å². The second-order valence-corrected chi connectivity index (χ2v) is 6.79. The molecule has 0 spiro atoms. The van der Waals surface area contributed by atoms with Crippen molar-refractivity contribution >= 4 is 11.3 Å². The van der Waals surface area contributed by atoms with Crippen molar-refractivity contribution in [2.45, 2.75) is 45.6 Å². The molecule has 1 atom stereocenters. The van der Waals surface area contributed by atoms with Gasteiger partial charge in [-0.05, 0) is 50.9 Å². The number of rotatable bonds is 5. The number of nitrogens with two attached hydrogens (primary N) is 1. The van der Waals surface area contributed by atoms with Crippen LogP contribution in [0.5, 0.6) is 0 Å². The summed E-state index contributed by atoms with van der Waals surface area (Å²) < 4.78 is 0. The summed E-state index contributed by atoms with van der Waals surface area (Å²) in [5.74, 6) is 0.953. The number of nitrogens with zero attached hydrogens (tertiary/aromatic N) is 1. The van der Waals surface area contributed by atoms with Crippen LogP contribution in [0.3, 0.4) is 0 Å². The number of hydrogen-bond donors (Lipinski definition) is 1. The minimum absolute atomic E-state index is 0.450. The topological polar surface area (TPSA) is 29.3 Å². The van der Waals surface area contributed by atoms with Crippen molar-refractivity contribution in [3.63, 3.8) is 0 Å². The van der Waals surface area contributed by atoms with E-state index in [1.165, 1.54) is 48.5 Å². The van der Waals surface area contributed by atoms with Gasteiger partial charge < -0.3 is 5.73 Å². The van der Waals surface area contributed by atoms with Crippen molar-refractivity contribution in [2.24, 2.45) is 11.7 Å². The number of hydrogen-bond acceptors (Lipinski definition) is 3. The van der Waals surface area contributed by atoms with Crippen LogP contribution >= 0.6 is 11.3 Å². The molecule has 0 aliphatic carbocycles. The molecule has 1 aliphatic heterocycles. The van der Waals surface area contributed by atoms with E-state index in [-0.39, 0.29) is 0 Å². The van der Waals surface area contributed by atoms with Crippen molar-refractivity contribution in [3.05, 3.63) is 21.9 Å². The maximum absolute atomic E-state index is 6.00. The quantitative estimate of drug-likeness (QED) is 0.883. The van der Waals surface area contributed by atoms with Crippen molar-refractivity contribution < 1.29 is 0 Å². The van der Waals surface area contributed by atoms with Gasteiger partial charge in [-0.3, -0.25) is 4.90 Å². The van der Waals surface area contributed by atoms with Crippen LogP contribution in [-0.4, -0.2) is 24.5 Å². The summed E-state index contributed by atoms with van der Waals surface area (Å²) in [6, 6.07) is 4.92. The fourth-order valence-corrected chi connectivity index (χ4v) is 4.06. The molecular formula is C15H26N2S. The van der Waals surface area contributed by atoms with Crippen LogP contribution in [0.4, 0.5) is 0 Å². The standard InChI is InChI=1S/C15H26N2S/c1-3-4-13-7-9-17(10-8-13)14(11-16)15-6-5-12(2)18-15/h5-6,13-14H,3-4,7-11,16H2,1-2H3. The highest BCUT2D eigenvalue weighted by molar-refractivity contribution is 7.12. The van der Waals surface area contributed by atoms with Gasteiger partial charge in [-0.25, -0.2) is 0 Å². The fourth-order valence-electron chi connectivity index (χ4n) is 3.04. The predicted octanol–water partition coefficient (Wildman–Crippen LogP) is 3.57. The molecule has 0 radical (unpaired) electrons. The molecule has 1 saturated heterocycles. The highest BCUT2D eigenvalue weighted by atomic mass is 32.1. The van der Waals surface area contributed by atoms with Crippen molar-refractivity contribution in [1.82, 2.24) is 4.90 Å². The lowest BCUT2D eigenvalue weighted by atomic mass is 9.91. The highest BCUT2D eigenvalue weighted by Crippen LogP contribution is 2.31. The summed E-state index contributed by atoms with van der Waals surface area (Å²) in [6.07, 6.45) is 5.44. The molecule has 3 heteroatoms. The van der Waals surface area contributed by atoms with Gasteiger partial charge in [-0.2, -0.15) is 0 Å². The Bertz CT molecular complexity index is 353. The molecule has 1 fully saturated rings. The van der Waals surface area contributed by atoms with E-state index in [1.54, 1.807) is 0 Å². The lowest BCUT2D eigenvalue weighted by Gasteiger charge is -2.36. The molecular weight excluding hydrogens is 240 g/mol.